The Kier molecular flexibility index (Phi) is 3.31. The zero-order chi connectivity index (χ0) is 11.5. The van der Waals surface area contributed by atoms with Gasteiger partial charge in [-0.2, -0.15) is 0 Å². The van der Waals surface area contributed by atoms with Crippen molar-refractivity contribution in [2.45, 2.75) is 19.9 Å². The van der Waals surface area contributed by atoms with E-state index in [2.05, 4.69) is 15.3 Å². The van der Waals surface area contributed by atoms with E-state index >= 15 is 0 Å². The van der Waals surface area contributed by atoms with E-state index in [1.807, 2.05) is 20.0 Å². The highest BCUT2D eigenvalue weighted by molar-refractivity contribution is 7.11. The molecule has 84 valence electrons. The van der Waals surface area contributed by atoms with Gasteiger partial charge in [-0.05, 0) is 13.8 Å². The molecular weight excluding hydrogens is 242 g/mol. The second-order valence-electron chi connectivity index (χ2n) is 3.38. The first kappa shape index (κ1) is 11.2. The van der Waals surface area contributed by atoms with Crippen molar-refractivity contribution in [1.29, 1.82) is 0 Å². The van der Waals surface area contributed by atoms with Crippen molar-refractivity contribution in [3.8, 4) is 0 Å². The van der Waals surface area contributed by atoms with E-state index < -0.39 is 0 Å². The largest absolute Gasteiger partial charge is 0.342 e. The highest BCUT2D eigenvalue weighted by Crippen LogP contribution is 2.19. The molecule has 2 heterocycles. The summed E-state index contributed by atoms with van der Waals surface area (Å²) in [6.07, 6.45) is 1.81. The quantitative estimate of drug-likeness (QED) is 0.913. The van der Waals surface area contributed by atoms with E-state index in [-0.39, 0.29) is 11.9 Å². The summed E-state index contributed by atoms with van der Waals surface area (Å²) in [6, 6.07) is -0.0760. The number of hydrogen-bond donors (Lipinski definition) is 1. The summed E-state index contributed by atoms with van der Waals surface area (Å²) >= 11 is 3.00. The van der Waals surface area contributed by atoms with Crippen molar-refractivity contribution in [3.05, 3.63) is 32.7 Å². The summed E-state index contributed by atoms with van der Waals surface area (Å²) < 4.78 is 0. The smallest absolute Gasteiger partial charge is 0.271 e. The minimum atomic E-state index is -0.151. The fraction of sp³-hybridized carbons (Fsp3) is 0.300. The number of amides is 1. The Balaban J connectivity index is 2.03. The van der Waals surface area contributed by atoms with Gasteiger partial charge in [0.1, 0.15) is 10.7 Å². The van der Waals surface area contributed by atoms with Crippen molar-refractivity contribution >= 4 is 28.6 Å². The van der Waals surface area contributed by atoms with E-state index in [1.54, 1.807) is 22.2 Å². The van der Waals surface area contributed by atoms with Gasteiger partial charge < -0.3 is 5.32 Å². The summed E-state index contributed by atoms with van der Waals surface area (Å²) in [5.41, 5.74) is 2.11. The third-order valence-electron chi connectivity index (χ3n) is 2.02. The number of aryl methyl sites for hydroxylation is 1. The van der Waals surface area contributed by atoms with Crippen LogP contribution in [0.1, 0.15) is 33.3 Å². The maximum Gasteiger partial charge on any atom is 0.271 e. The van der Waals surface area contributed by atoms with Crippen molar-refractivity contribution in [2.24, 2.45) is 0 Å². The monoisotopic (exact) mass is 253 g/mol. The van der Waals surface area contributed by atoms with Gasteiger partial charge >= 0.3 is 0 Å². The van der Waals surface area contributed by atoms with Gasteiger partial charge in [-0.15, -0.1) is 22.7 Å². The van der Waals surface area contributed by atoms with Gasteiger partial charge in [0, 0.05) is 16.5 Å². The SMILES string of the molecule is Cc1cnc(C(C)NC(=O)c2cscn2)s1. The van der Waals surface area contributed by atoms with Gasteiger partial charge in [0.15, 0.2) is 0 Å². The Morgan fingerprint density at radius 3 is 2.88 bits per heavy atom. The van der Waals surface area contributed by atoms with Crippen LogP contribution >= 0.6 is 22.7 Å². The molecule has 2 aromatic heterocycles. The Labute approximate surface area is 101 Å². The number of rotatable bonds is 3. The molecule has 0 saturated carbocycles. The lowest BCUT2D eigenvalue weighted by molar-refractivity contribution is 0.0935. The number of carbonyl (C=O) groups excluding carboxylic acids is 1. The van der Waals surface area contributed by atoms with Crippen molar-refractivity contribution in [1.82, 2.24) is 15.3 Å². The molecular formula is C10H11N3OS2. The fourth-order valence-corrected chi connectivity index (χ4v) is 2.54. The number of nitrogens with one attached hydrogen (secondary N) is 1. The standard InChI is InChI=1S/C10H11N3OS2/c1-6-3-11-10(16-6)7(2)13-9(14)8-4-15-5-12-8/h3-5,7H,1-2H3,(H,13,14). The minimum absolute atomic E-state index is 0.0760. The first-order valence-corrected chi connectivity index (χ1v) is 6.54. The summed E-state index contributed by atoms with van der Waals surface area (Å²) in [4.78, 5) is 21.0. The molecule has 1 unspecified atom stereocenters. The molecule has 0 aromatic carbocycles. The van der Waals surface area contributed by atoms with E-state index in [9.17, 15) is 4.79 Å². The van der Waals surface area contributed by atoms with Gasteiger partial charge in [-0.3, -0.25) is 4.79 Å². The van der Waals surface area contributed by atoms with Crippen molar-refractivity contribution < 1.29 is 4.79 Å². The zero-order valence-corrected chi connectivity index (χ0v) is 10.6. The Morgan fingerprint density at radius 2 is 2.31 bits per heavy atom. The van der Waals surface area contributed by atoms with Crippen LogP contribution in [0.15, 0.2) is 17.1 Å². The average molecular weight is 253 g/mol. The van der Waals surface area contributed by atoms with Crippen LogP contribution in [-0.4, -0.2) is 15.9 Å². The Morgan fingerprint density at radius 1 is 1.50 bits per heavy atom. The molecule has 1 atom stereocenters. The maximum absolute atomic E-state index is 11.7. The molecule has 0 radical (unpaired) electrons. The summed E-state index contributed by atoms with van der Waals surface area (Å²) in [5.74, 6) is -0.151. The van der Waals surface area contributed by atoms with Gasteiger partial charge in [0.25, 0.3) is 5.91 Å². The molecule has 0 saturated heterocycles. The van der Waals surface area contributed by atoms with E-state index in [0.717, 1.165) is 9.88 Å². The molecule has 1 amide bonds. The molecule has 0 fully saturated rings. The second kappa shape index (κ2) is 4.71. The molecule has 0 aliphatic carbocycles. The van der Waals surface area contributed by atoms with Crippen LogP contribution < -0.4 is 5.32 Å². The third kappa shape index (κ3) is 2.45. The molecule has 0 spiro atoms. The predicted octanol–water partition coefficient (Wildman–Crippen LogP) is 2.40. The highest BCUT2D eigenvalue weighted by atomic mass is 32.1. The van der Waals surface area contributed by atoms with Gasteiger partial charge in [0.2, 0.25) is 0 Å². The summed E-state index contributed by atoms with van der Waals surface area (Å²) in [5, 5.41) is 5.51. The second-order valence-corrected chi connectivity index (χ2v) is 5.36. The van der Waals surface area contributed by atoms with Crippen LogP contribution in [0.2, 0.25) is 0 Å². The van der Waals surface area contributed by atoms with Gasteiger partial charge in [-0.1, -0.05) is 0 Å². The summed E-state index contributed by atoms with van der Waals surface area (Å²) in [6.45, 7) is 3.92. The third-order valence-corrected chi connectivity index (χ3v) is 3.70. The predicted molar refractivity (Wildman–Crippen MR) is 64.8 cm³/mol. The van der Waals surface area contributed by atoms with Gasteiger partial charge in [0.05, 0.1) is 11.6 Å². The molecule has 6 heteroatoms. The molecule has 2 aromatic rings. The molecule has 0 aliphatic rings. The molecule has 0 aliphatic heterocycles. The molecule has 16 heavy (non-hydrogen) atoms. The molecule has 0 bridgehead atoms. The van der Waals surface area contributed by atoms with Gasteiger partial charge in [-0.25, -0.2) is 9.97 Å². The van der Waals surface area contributed by atoms with E-state index in [1.165, 1.54) is 11.3 Å². The zero-order valence-electron chi connectivity index (χ0n) is 8.93. The minimum Gasteiger partial charge on any atom is -0.342 e. The van der Waals surface area contributed by atoms with Crippen LogP contribution in [-0.2, 0) is 0 Å². The van der Waals surface area contributed by atoms with E-state index in [0.29, 0.717) is 5.69 Å². The van der Waals surface area contributed by atoms with Crippen LogP contribution in [0.25, 0.3) is 0 Å². The van der Waals surface area contributed by atoms with Crippen molar-refractivity contribution in [3.63, 3.8) is 0 Å². The number of hydrogen-bond acceptors (Lipinski definition) is 5. The van der Waals surface area contributed by atoms with Crippen LogP contribution in [0, 0.1) is 6.92 Å². The lowest BCUT2D eigenvalue weighted by Gasteiger charge is -2.09. The summed E-state index contributed by atoms with van der Waals surface area (Å²) in [7, 11) is 0. The van der Waals surface area contributed by atoms with Crippen LogP contribution in [0.5, 0.6) is 0 Å². The first-order chi connectivity index (χ1) is 7.66. The lowest BCUT2D eigenvalue weighted by atomic mass is 10.3. The first-order valence-electron chi connectivity index (χ1n) is 4.78. The molecule has 2 rings (SSSR count). The van der Waals surface area contributed by atoms with E-state index in [4.69, 9.17) is 0 Å². The number of nitrogens with zero attached hydrogens (tertiary/aromatic N) is 2. The Hall–Kier alpha value is -1.27. The topological polar surface area (TPSA) is 54.9 Å². The van der Waals surface area contributed by atoms with Crippen LogP contribution in [0.3, 0.4) is 0 Å². The van der Waals surface area contributed by atoms with Crippen molar-refractivity contribution in [2.75, 3.05) is 0 Å². The average Bonchev–Trinajstić information content (AvgIpc) is 2.87. The fourth-order valence-electron chi connectivity index (χ4n) is 1.23. The normalized spacial score (nSPS) is 12.4. The number of carbonyl (C=O) groups is 1. The molecule has 4 nitrogen and oxygen atoms in total. The maximum atomic E-state index is 11.7. The molecule has 1 N–H and O–H groups in total. The lowest BCUT2D eigenvalue weighted by Crippen LogP contribution is -2.26. The highest BCUT2D eigenvalue weighted by Gasteiger charge is 2.14. The number of thiazole rings is 2. The van der Waals surface area contributed by atoms with Crippen LogP contribution in [0.4, 0.5) is 0 Å². The number of aromatic nitrogens is 2. The Bertz CT molecular complexity index is 478.